The molecule has 106 valence electrons. The number of likely N-dealkylation sites (N-methyl/N-ethyl adjacent to an activating group) is 2. The Balaban J connectivity index is 4.56. The molecule has 3 atom stereocenters. The molecule has 0 saturated carbocycles. The molecule has 0 bridgehead atoms. The van der Waals surface area contributed by atoms with Crippen LogP contribution in [0.4, 0.5) is 0 Å². The van der Waals surface area contributed by atoms with E-state index in [1.54, 1.807) is 14.0 Å². The van der Waals surface area contributed by atoms with Gasteiger partial charge in [0.2, 0.25) is 5.91 Å². The molecule has 0 aliphatic heterocycles. The molecule has 1 amide bonds. The van der Waals surface area contributed by atoms with Gasteiger partial charge in [0.25, 0.3) is 0 Å². The Morgan fingerprint density at radius 3 is 2.33 bits per heavy atom. The van der Waals surface area contributed by atoms with Crippen molar-refractivity contribution in [1.82, 2.24) is 10.6 Å². The van der Waals surface area contributed by atoms with Crippen LogP contribution in [0.3, 0.4) is 0 Å². The number of amides is 1. The Morgan fingerprint density at radius 1 is 1.44 bits per heavy atom. The van der Waals surface area contributed by atoms with Crippen molar-refractivity contribution >= 4 is 11.9 Å². The number of aliphatic carboxylic acids is 1. The minimum atomic E-state index is -0.968. The van der Waals surface area contributed by atoms with E-state index in [9.17, 15) is 14.7 Å². The molecule has 0 rings (SSSR count). The number of nitrogens with two attached hydrogens (primary N) is 1. The van der Waals surface area contributed by atoms with Crippen molar-refractivity contribution in [3.63, 3.8) is 0 Å². The third-order valence-electron chi connectivity index (χ3n) is 3.13. The van der Waals surface area contributed by atoms with Gasteiger partial charge >= 0.3 is 5.97 Å². The number of nitrogens with one attached hydrogen (secondary N) is 2. The summed E-state index contributed by atoms with van der Waals surface area (Å²) in [4.78, 5) is 22.4. The van der Waals surface area contributed by atoms with E-state index in [2.05, 4.69) is 10.6 Å². The fraction of sp³-hybridized carbons (Fsp3) is 0.833. The summed E-state index contributed by atoms with van der Waals surface area (Å²) in [6, 6.07) is -0.417. The normalized spacial score (nSPS) is 17.8. The lowest BCUT2D eigenvalue weighted by molar-refractivity contribution is -0.144. The standard InChI is InChI=1S/C12H25N3O3/c1-5-15-12(3,11(17)18)7-8(2)6-9(14-4)10(13)16/h8-9,14-15H,5-7H2,1-4H3,(H2,13,16)(H,17,18). The van der Waals surface area contributed by atoms with Gasteiger partial charge in [-0.05, 0) is 39.3 Å². The largest absolute Gasteiger partial charge is 0.480 e. The van der Waals surface area contributed by atoms with E-state index in [4.69, 9.17) is 5.73 Å². The molecule has 0 aliphatic rings. The van der Waals surface area contributed by atoms with Crippen LogP contribution in [0.5, 0.6) is 0 Å². The summed E-state index contributed by atoms with van der Waals surface area (Å²) in [6.45, 7) is 6.03. The van der Waals surface area contributed by atoms with Crippen LogP contribution in [-0.2, 0) is 9.59 Å². The SMILES string of the molecule is CCNC(C)(CC(C)CC(NC)C(N)=O)C(=O)O. The van der Waals surface area contributed by atoms with Gasteiger partial charge in [-0.1, -0.05) is 13.8 Å². The number of primary amides is 1. The Hall–Kier alpha value is -1.14. The summed E-state index contributed by atoms with van der Waals surface area (Å²) in [7, 11) is 1.67. The molecule has 18 heavy (non-hydrogen) atoms. The van der Waals surface area contributed by atoms with E-state index in [-0.39, 0.29) is 5.92 Å². The summed E-state index contributed by atoms with van der Waals surface area (Å²) in [5.74, 6) is -1.23. The van der Waals surface area contributed by atoms with Crippen molar-refractivity contribution < 1.29 is 14.7 Å². The van der Waals surface area contributed by atoms with Gasteiger partial charge in [0.1, 0.15) is 5.54 Å². The van der Waals surface area contributed by atoms with E-state index in [1.807, 2.05) is 13.8 Å². The quantitative estimate of drug-likeness (QED) is 0.464. The highest BCUT2D eigenvalue weighted by Gasteiger charge is 2.34. The first kappa shape index (κ1) is 16.9. The maximum absolute atomic E-state index is 11.3. The Labute approximate surface area is 108 Å². The summed E-state index contributed by atoms with van der Waals surface area (Å²) < 4.78 is 0. The Morgan fingerprint density at radius 2 is 2.00 bits per heavy atom. The van der Waals surface area contributed by atoms with Gasteiger partial charge in [0.15, 0.2) is 0 Å². The van der Waals surface area contributed by atoms with Crippen LogP contribution in [-0.4, -0.2) is 42.2 Å². The second-order valence-corrected chi connectivity index (χ2v) is 4.96. The van der Waals surface area contributed by atoms with E-state index in [1.165, 1.54) is 0 Å². The van der Waals surface area contributed by atoms with Crippen LogP contribution >= 0.6 is 0 Å². The fourth-order valence-corrected chi connectivity index (χ4v) is 2.18. The zero-order valence-electron chi connectivity index (χ0n) is 11.6. The summed E-state index contributed by atoms with van der Waals surface area (Å²) >= 11 is 0. The van der Waals surface area contributed by atoms with Crippen molar-refractivity contribution in [3.8, 4) is 0 Å². The molecular formula is C12H25N3O3. The Bertz CT molecular complexity index is 296. The Kier molecular flexibility index (Phi) is 6.86. The third-order valence-corrected chi connectivity index (χ3v) is 3.13. The highest BCUT2D eigenvalue weighted by molar-refractivity contribution is 5.80. The lowest BCUT2D eigenvalue weighted by atomic mass is 9.86. The molecule has 0 aromatic heterocycles. The molecule has 3 unspecified atom stereocenters. The van der Waals surface area contributed by atoms with Crippen LogP contribution in [0.1, 0.15) is 33.6 Å². The van der Waals surface area contributed by atoms with E-state index in [0.29, 0.717) is 19.4 Å². The average Bonchev–Trinajstić information content (AvgIpc) is 2.25. The smallest absolute Gasteiger partial charge is 0.323 e. The molecular weight excluding hydrogens is 234 g/mol. The predicted molar refractivity (Wildman–Crippen MR) is 70.2 cm³/mol. The zero-order chi connectivity index (χ0) is 14.3. The van der Waals surface area contributed by atoms with Crippen molar-refractivity contribution in [2.45, 2.75) is 45.2 Å². The van der Waals surface area contributed by atoms with Crippen molar-refractivity contribution in [1.29, 1.82) is 0 Å². The van der Waals surface area contributed by atoms with Gasteiger partial charge in [-0.15, -0.1) is 0 Å². The van der Waals surface area contributed by atoms with Crippen LogP contribution < -0.4 is 16.4 Å². The van der Waals surface area contributed by atoms with Crippen molar-refractivity contribution in [2.75, 3.05) is 13.6 Å². The lowest BCUT2D eigenvalue weighted by Gasteiger charge is -2.29. The summed E-state index contributed by atoms with van der Waals surface area (Å²) in [5, 5.41) is 15.1. The topological polar surface area (TPSA) is 104 Å². The zero-order valence-corrected chi connectivity index (χ0v) is 11.6. The summed E-state index contributed by atoms with van der Waals surface area (Å²) in [5.41, 5.74) is 4.28. The van der Waals surface area contributed by atoms with Gasteiger partial charge in [-0.25, -0.2) is 0 Å². The van der Waals surface area contributed by atoms with Crippen LogP contribution in [0.15, 0.2) is 0 Å². The molecule has 0 aromatic rings. The van der Waals surface area contributed by atoms with Crippen LogP contribution in [0.25, 0.3) is 0 Å². The minimum absolute atomic E-state index is 0.0649. The van der Waals surface area contributed by atoms with Crippen LogP contribution in [0, 0.1) is 5.92 Å². The molecule has 6 heteroatoms. The molecule has 5 N–H and O–H groups in total. The number of carbonyl (C=O) groups is 2. The van der Waals surface area contributed by atoms with E-state index < -0.39 is 23.5 Å². The number of hydrogen-bond donors (Lipinski definition) is 4. The van der Waals surface area contributed by atoms with Gasteiger partial charge in [0, 0.05) is 0 Å². The predicted octanol–water partition coefficient (Wildman–Crippen LogP) is -0.0712. The molecule has 0 fully saturated rings. The van der Waals surface area contributed by atoms with Crippen LogP contribution in [0.2, 0.25) is 0 Å². The monoisotopic (exact) mass is 259 g/mol. The van der Waals surface area contributed by atoms with Gasteiger partial charge in [-0.3, -0.25) is 9.59 Å². The fourth-order valence-electron chi connectivity index (χ4n) is 2.18. The minimum Gasteiger partial charge on any atom is -0.480 e. The van der Waals surface area contributed by atoms with Crippen molar-refractivity contribution in [2.24, 2.45) is 11.7 Å². The molecule has 0 saturated heterocycles. The number of hydrogen-bond acceptors (Lipinski definition) is 4. The van der Waals surface area contributed by atoms with Gasteiger partial charge in [-0.2, -0.15) is 0 Å². The highest BCUT2D eigenvalue weighted by atomic mass is 16.4. The molecule has 0 aromatic carbocycles. The molecule has 0 radical (unpaired) electrons. The van der Waals surface area contributed by atoms with Crippen molar-refractivity contribution in [3.05, 3.63) is 0 Å². The first-order valence-corrected chi connectivity index (χ1v) is 6.21. The number of rotatable bonds is 9. The second-order valence-electron chi connectivity index (χ2n) is 4.96. The summed E-state index contributed by atoms with van der Waals surface area (Å²) in [6.07, 6.45) is 0.974. The lowest BCUT2D eigenvalue weighted by Crippen LogP contribution is -2.51. The maximum Gasteiger partial charge on any atom is 0.323 e. The average molecular weight is 259 g/mol. The number of carboxylic acids is 1. The second kappa shape index (κ2) is 7.33. The first-order chi connectivity index (χ1) is 8.26. The van der Waals surface area contributed by atoms with E-state index >= 15 is 0 Å². The number of carbonyl (C=O) groups excluding carboxylic acids is 1. The van der Waals surface area contributed by atoms with Gasteiger partial charge < -0.3 is 21.5 Å². The highest BCUT2D eigenvalue weighted by Crippen LogP contribution is 2.21. The van der Waals surface area contributed by atoms with Gasteiger partial charge in [0.05, 0.1) is 6.04 Å². The molecule has 0 spiro atoms. The molecule has 0 heterocycles. The molecule has 0 aliphatic carbocycles. The molecule has 6 nitrogen and oxygen atoms in total. The third kappa shape index (κ3) is 5.01. The first-order valence-electron chi connectivity index (χ1n) is 6.21. The van der Waals surface area contributed by atoms with E-state index in [0.717, 1.165) is 0 Å². The maximum atomic E-state index is 11.3. The number of carboxylic acid groups (broad SMARTS) is 1.